The number of para-hydroxylation sites is 1. The van der Waals surface area contributed by atoms with Gasteiger partial charge in [-0.15, -0.1) is 0 Å². The summed E-state index contributed by atoms with van der Waals surface area (Å²) < 4.78 is 10.5. The van der Waals surface area contributed by atoms with Crippen LogP contribution >= 0.6 is 0 Å². The van der Waals surface area contributed by atoms with E-state index in [0.29, 0.717) is 24.5 Å². The number of allylic oxidation sites excluding steroid dienone is 2. The maximum absolute atomic E-state index is 12.3. The number of hydrogen-bond acceptors (Lipinski definition) is 3. The zero-order valence-corrected chi connectivity index (χ0v) is 10.6. The molecule has 0 fully saturated rings. The molecule has 0 amide bonds. The third-order valence-electron chi connectivity index (χ3n) is 3.01. The summed E-state index contributed by atoms with van der Waals surface area (Å²) in [6, 6.07) is 7.40. The zero-order chi connectivity index (χ0) is 12.8. The van der Waals surface area contributed by atoms with Crippen molar-refractivity contribution < 1.29 is 14.3 Å². The van der Waals surface area contributed by atoms with Crippen LogP contribution in [0.2, 0.25) is 0 Å². The van der Waals surface area contributed by atoms with Crippen molar-refractivity contribution in [2.24, 2.45) is 0 Å². The van der Waals surface area contributed by atoms with Crippen LogP contribution in [0.4, 0.5) is 0 Å². The monoisotopic (exact) mass is 246 g/mol. The predicted octanol–water partition coefficient (Wildman–Crippen LogP) is 3.00. The second-order valence-corrected chi connectivity index (χ2v) is 4.29. The first-order chi connectivity index (χ1) is 8.83. The van der Waals surface area contributed by atoms with Crippen molar-refractivity contribution in [2.45, 2.75) is 19.3 Å². The average molecular weight is 246 g/mol. The number of carbonyl (C=O) groups is 1. The predicted molar refractivity (Wildman–Crippen MR) is 70.1 cm³/mol. The molecule has 3 heteroatoms. The van der Waals surface area contributed by atoms with Gasteiger partial charge in [0.2, 0.25) is 0 Å². The van der Waals surface area contributed by atoms with E-state index in [1.54, 1.807) is 7.11 Å². The molecule has 0 saturated carbocycles. The summed E-state index contributed by atoms with van der Waals surface area (Å²) in [5, 5.41) is 0. The van der Waals surface area contributed by atoms with Crippen LogP contribution in [0.5, 0.6) is 5.75 Å². The average Bonchev–Trinajstić information content (AvgIpc) is 2.93. The molecule has 0 aromatic heterocycles. The van der Waals surface area contributed by atoms with E-state index in [2.05, 4.69) is 0 Å². The standard InChI is InChI=1S/C15H18O3/c1-17-10-11-18-14-9-5-4-8-13(14)15(16)12-6-2-3-7-12/h4-6,8-9H,2-3,7,10-11H2,1H3. The van der Waals surface area contributed by atoms with Gasteiger partial charge in [0, 0.05) is 7.11 Å². The number of ketones is 1. The summed E-state index contributed by atoms with van der Waals surface area (Å²) in [6.07, 6.45) is 5.00. The number of benzene rings is 1. The molecule has 1 aromatic rings. The lowest BCUT2D eigenvalue weighted by atomic mass is 10.0. The first-order valence-corrected chi connectivity index (χ1v) is 6.27. The molecule has 1 aromatic carbocycles. The Kier molecular flexibility index (Phi) is 4.53. The molecule has 1 aliphatic rings. The summed E-state index contributed by atoms with van der Waals surface area (Å²) in [4.78, 5) is 12.3. The second kappa shape index (κ2) is 6.36. The molecule has 2 rings (SSSR count). The van der Waals surface area contributed by atoms with E-state index in [-0.39, 0.29) is 5.78 Å². The van der Waals surface area contributed by atoms with Gasteiger partial charge in [-0.05, 0) is 37.0 Å². The summed E-state index contributed by atoms with van der Waals surface area (Å²) >= 11 is 0. The van der Waals surface area contributed by atoms with Crippen molar-refractivity contribution in [3.63, 3.8) is 0 Å². The summed E-state index contributed by atoms with van der Waals surface area (Å²) in [5.74, 6) is 0.743. The Balaban J connectivity index is 2.13. The minimum atomic E-state index is 0.0977. The van der Waals surface area contributed by atoms with Crippen LogP contribution in [0.1, 0.15) is 29.6 Å². The highest BCUT2D eigenvalue weighted by molar-refractivity contribution is 6.10. The van der Waals surface area contributed by atoms with Gasteiger partial charge in [-0.3, -0.25) is 4.79 Å². The Bertz CT molecular complexity index is 449. The van der Waals surface area contributed by atoms with Crippen LogP contribution in [-0.4, -0.2) is 26.1 Å². The quantitative estimate of drug-likeness (QED) is 0.571. The Hall–Kier alpha value is -1.61. The lowest BCUT2D eigenvalue weighted by Gasteiger charge is -2.10. The van der Waals surface area contributed by atoms with Crippen LogP contribution in [0, 0.1) is 0 Å². The van der Waals surface area contributed by atoms with Crippen molar-refractivity contribution in [1.82, 2.24) is 0 Å². The molecule has 96 valence electrons. The minimum absolute atomic E-state index is 0.0977. The number of hydrogen-bond donors (Lipinski definition) is 0. The van der Waals surface area contributed by atoms with E-state index in [0.717, 1.165) is 24.8 Å². The molecule has 0 spiro atoms. The highest BCUT2D eigenvalue weighted by Gasteiger charge is 2.18. The third-order valence-corrected chi connectivity index (χ3v) is 3.01. The molecule has 18 heavy (non-hydrogen) atoms. The lowest BCUT2D eigenvalue weighted by Crippen LogP contribution is -2.09. The van der Waals surface area contributed by atoms with Gasteiger partial charge in [-0.25, -0.2) is 0 Å². The van der Waals surface area contributed by atoms with E-state index in [1.807, 2.05) is 30.3 Å². The van der Waals surface area contributed by atoms with Gasteiger partial charge in [0.15, 0.2) is 5.78 Å². The second-order valence-electron chi connectivity index (χ2n) is 4.29. The van der Waals surface area contributed by atoms with E-state index in [9.17, 15) is 4.79 Å². The molecule has 0 bridgehead atoms. The van der Waals surface area contributed by atoms with E-state index >= 15 is 0 Å². The van der Waals surface area contributed by atoms with Gasteiger partial charge in [0.25, 0.3) is 0 Å². The Morgan fingerprint density at radius 3 is 2.83 bits per heavy atom. The van der Waals surface area contributed by atoms with Crippen molar-refractivity contribution in [2.75, 3.05) is 20.3 Å². The molecule has 0 saturated heterocycles. The Morgan fingerprint density at radius 2 is 2.11 bits per heavy atom. The number of carbonyl (C=O) groups excluding carboxylic acids is 1. The van der Waals surface area contributed by atoms with E-state index < -0.39 is 0 Å². The highest BCUT2D eigenvalue weighted by Crippen LogP contribution is 2.26. The minimum Gasteiger partial charge on any atom is -0.490 e. The van der Waals surface area contributed by atoms with Gasteiger partial charge in [0.05, 0.1) is 12.2 Å². The van der Waals surface area contributed by atoms with Gasteiger partial charge in [0.1, 0.15) is 12.4 Å². The number of ether oxygens (including phenoxy) is 2. The van der Waals surface area contributed by atoms with Gasteiger partial charge in [-0.1, -0.05) is 18.2 Å². The summed E-state index contributed by atoms with van der Waals surface area (Å²) in [7, 11) is 1.63. The molecule has 3 nitrogen and oxygen atoms in total. The molecule has 0 unspecified atom stereocenters. The fraction of sp³-hybridized carbons (Fsp3) is 0.400. The summed E-state index contributed by atoms with van der Waals surface area (Å²) in [5.41, 5.74) is 1.57. The normalized spacial score (nSPS) is 14.4. The Labute approximate surface area is 107 Å². The maximum Gasteiger partial charge on any atom is 0.192 e. The van der Waals surface area contributed by atoms with E-state index in [4.69, 9.17) is 9.47 Å². The highest BCUT2D eigenvalue weighted by atomic mass is 16.5. The zero-order valence-electron chi connectivity index (χ0n) is 10.6. The largest absolute Gasteiger partial charge is 0.490 e. The Morgan fingerprint density at radius 1 is 1.28 bits per heavy atom. The smallest absolute Gasteiger partial charge is 0.192 e. The molecular weight excluding hydrogens is 228 g/mol. The SMILES string of the molecule is COCCOc1ccccc1C(=O)C1=CCCC1. The van der Waals surface area contributed by atoms with Gasteiger partial charge in [-0.2, -0.15) is 0 Å². The van der Waals surface area contributed by atoms with Crippen molar-refractivity contribution in [3.05, 3.63) is 41.5 Å². The van der Waals surface area contributed by atoms with Crippen molar-refractivity contribution in [3.8, 4) is 5.75 Å². The van der Waals surface area contributed by atoms with E-state index in [1.165, 1.54) is 0 Å². The number of rotatable bonds is 6. The van der Waals surface area contributed by atoms with Crippen LogP contribution in [0.3, 0.4) is 0 Å². The number of methoxy groups -OCH3 is 1. The topological polar surface area (TPSA) is 35.5 Å². The molecule has 0 N–H and O–H groups in total. The van der Waals surface area contributed by atoms with Crippen LogP contribution in [-0.2, 0) is 4.74 Å². The molecule has 0 heterocycles. The van der Waals surface area contributed by atoms with Gasteiger partial charge < -0.3 is 9.47 Å². The maximum atomic E-state index is 12.3. The fourth-order valence-corrected chi connectivity index (χ4v) is 2.07. The van der Waals surface area contributed by atoms with Crippen molar-refractivity contribution >= 4 is 5.78 Å². The van der Waals surface area contributed by atoms with Crippen LogP contribution in [0.25, 0.3) is 0 Å². The fourth-order valence-electron chi connectivity index (χ4n) is 2.07. The molecule has 0 radical (unpaired) electrons. The van der Waals surface area contributed by atoms with Crippen molar-refractivity contribution in [1.29, 1.82) is 0 Å². The number of Topliss-reactive ketones (excluding diaryl/α,β-unsaturated/α-hetero) is 1. The molecular formula is C15H18O3. The molecule has 0 aliphatic heterocycles. The van der Waals surface area contributed by atoms with Crippen LogP contribution < -0.4 is 4.74 Å². The third kappa shape index (κ3) is 2.99. The van der Waals surface area contributed by atoms with Gasteiger partial charge >= 0.3 is 0 Å². The lowest BCUT2D eigenvalue weighted by molar-refractivity contribution is 0.102. The summed E-state index contributed by atoms with van der Waals surface area (Å²) in [6.45, 7) is 0.977. The first kappa shape index (κ1) is 12.8. The molecule has 1 aliphatic carbocycles. The first-order valence-electron chi connectivity index (χ1n) is 6.27. The molecule has 0 atom stereocenters. The van der Waals surface area contributed by atoms with Crippen LogP contribution in [0.15, 0.2) is 35.9 Å².